The van der Waals surface area contributed by atoms with Gasteiger partial charge >= 0.3 is 0 Å². The molecular weight excluding hydrogens is 142 g/mol. The van der Waals surface area contributed by atoms with E-state index in [-0.39, 0.29) is 0 Å². The van der Waals surface area contributed by atoms with Gasteiger partial charge in [-0.2, -0.15) is 0 Å². The summed E-state index contributed by atoms with van der Waals surface area (Å²) in [5.74, 6) is 0. The summed E-state index contributed by atoms with van der Waals surface area (Å²) >= 11 is 1.90. The van der Waals surface area contributed by atoms with Crippen LogP contribution >= 0.6 is 11.3 Å². The monoisotopic (exact) mass is 153 g/mol. The molecule has 2 rings (SSSR count). The molecule has 2 N–H and O–H groups in total. The van der Waals surface area contributed by atoms with Crippen LogP contribution in [0.25, 0.3) is 0 Å². The molecule has 2 heteroatoms. The lowest BCUT2D eigenvalue weighted by atomic mass is 10.2. The summed E-state index contributed by atoms with van der Waals surface area (Å²) in [6, 6.07) is 2.57. The molecule has 1 aromatic heterocycles. The van der Waals surface area contributed by atoms with Gasteiger partial charge in [0.25, 0.3) is 0 Å². The van der Waals surface area contributed by atoms with Gasteiger partial charge in [-0.3, -0.25) is 0 Å². The molecule has 1 heterocycles. The van der Waals surface area contributed by atoms with Crippen LogP contribution in [0.5, 0.6) is 0 Å². The Morgan fingerprint density at radius 3 is 3.20 bits per heavy atom. The highest BCUT2D eigenvalue weighted by atomic mass is 32.1. The zero-order valence-corrected chi connectivity index (χ0v) is 6.87. The highest BCUT2D eigenvalue weighted by Crippen LogP contribution is 2.35. The molecule has 1 aromatic rings. The van der Waals surface area contributed by atoms with E-state index in [9.17, 15) is 0 Å². The highest BCUT2D eigenvalue weighted by Gasteiger charge is 2.20. The molecular formula is C8H11NS. The first-order valence-electron chi connectivity index (χ1n) is 3.62. The van der Waals surface area contributed by atoms with Crippen LogP contribution in [0.2, 0.25) is 0 Å². The van der Waals surface area contributed by atoms with Crippen molar-refractivity contribution in [3.63, 3.8) is 0 Å². The minimum Gasteiger partial charge on any atom is -0.324 e. The van der Waals surface area contributed by atoms with Gasteiger partial charge < -0.3 is 5.73 Å². The first kappa shape index (κ1) is 6.38. The molecule has 0 saturated carbocycles. The van der Waals surface area contributed by atoms with Crippen molar-refractivity contribution >= 4 is 11.3 Å². The SMILES string of the molecule is Cc1cc2c(s1)CC[C@@H]2N. The summed E-state index contributed by atoms with van der Waals surface area (Å²) in [6.07, 6.45) is 2.36. The van der Waals surface area contributed by atoms with E-state index in [0.717, 1.165) is 6.42 Å². The topological polar surface area (TPSA) is 26.0 Å². The number of rotatable bonds is 0. The Balaban J connectivity index is 2.49. The Morgan fingerprint density at radius 2 is 2.50 bits per heavy atom. The molecule has 1 aliphatic rings. The second-order valence-electron chi connectivity index (χ2n) is 2.88. The Kier molecular flexibility index (Phi) is 1.32. The molecule has 54 valence electrons. The van der Waals surface area contributed by atoms with Crippen LogP contribution in [-0.4, -0.2) is 0 Å². The van der Waals surface area contributed by atoms with Crippen LogP contribution in [0.4, 0.5) is 0 Å². The maximum atomic E-state index is 5.87. The van der Waals surface area contributed by atoms with Gasteiger partial charge in [0.05, 0.1) is 0 Å². The minimum atomic E-state index is 0.333. The number of hydrogen-bond donors (Lipinski definition) is 1. The number of hydrogen-bond acceptors (Lipinski definition) is 2. The fourth-order valence-electron chi connectivity index (χ4n) is 1.53. The van der Waals surface area contributed by atoms with Crippen molar-refractivity contribution in [1.29, 1.82) is 0 Å². The van der Waals surface area contributed by atoms with Gasteiger partial charge in [-0.1, -0.05) is 0 Å². The molecule has 0 bridgehead atoms. The van der Waals surface area contributed by atoms with E-state index in [2.05, 4.69) is 13.0 Å². The predicted octanol–water partition coefficient (Wildman–Crippen LogP) is 2.00. The maximum Gasteiger partial charge on any atom is 0.0309 e. The van der Waals surface area contributed by atoms with E-state index in [1.165, 1.54) is 21.7 Å². The molecule has 0 saturated heterocycles. The lowest BCUT2D eigenvalue weighted by Crippen LogP contribution is -2.03. The zero-order chi connectivity index (χ0) is 7.14. The molecule has 0 amide bonds. The molecule has 0 fully saturated rings. The molecule has 10 heavy (non-hydrogen) atoms. The second kappa shape index (κ2) is 2.07. The van der Waals surface area contributed by atoms with Gasteiger partial charge in [-0.15, -0.1) is 11.3 Å². The van der Waals surface area contributed by atoms with E-state index in [1.54, 1.807) is 0 Å². The van der Waals surface area contributed by atoms with Gasteiger partial charge in [0.1, 0.15) is 0 Å². The van der Waals surface area contributed by atoms with Crippen molar-refractivity contribution in [2.45, 2.75) is 25.8 Å². The second-order valence-corrected chi connectivity index (χ2v) is 4.22. The average molecular weight is 153 g/mol. The predicted molar refractivity (Wildman–Crippen MR) is 44.3 cm³/mol. The minimum absolute atomic E-state index is 0.333. The summed E-state index contributed by atoms with van der Waals surface area (Å²) in [4.78, 5) is 2.92. The van der Waals surface area contributed by atoms with Gasteiger partial charge in [0, 0.05) is 15.8 Å². The normalized spacial score (nSPS) is 23.2. The van der Waals surface area contributed by atoms with Gasteiger partial charge in [-0.05, 0) is 31.4 Å². The third-order valence-corrected chi connectivity index (χ3v) is 3.17. The Bertz CT molecular complexity index is 252. The summed E-state index contributed by atoms with van der Waals surface area (Å²) in [6.45, 7) is 2.15. The van der Waals surface area contributed by atoms with Crippen molar-refractivity contribution in [2.75, 3.05) is 0 Å². The van der Waals surface area contributed by atoms with E-state index >= 15 is 0 Å². The quantitative estimate of drug-likeness (QED) is 0.606. The van der Waals surface area contributed by atoms with Crippen LogP contribution in [0.15, 0.2) is 6.07 Å². The van der Waals surface area contributed by atoms with Crippen LogP contribution < -0.4 is 5.73 Å². The lowest BCUT2D eigenvalue weighted by Gasteiger charge is -1.97. The van der Waals surface area contributed by atoms with Gasteiger partial charge in [0.15, 0.2) is 0 Å². The largest absolute Gasteiger partial charge is 0.324 e. The van der Waals surface area contributed by atoms with Gasteiger partial charge in [-0.25, -0.2) is 0 Å². The standard InChI is InChI=1S/C8H11NS/c1-5-4-6-7(9)2-3-8(6)10-5/h4,7H,2-3,9H2,1H3/t7-/m0/s1. The summed E-state index contributed by atoms with van der Waals surface area (Å²) in [5.41, 5.74) is 7.27. The smallest absolute Gasteiger partial charge is 0.0309 e. The van der Waals surface area contributed by atoms with Crippen LogP contribution in [0, 0.1) is 6.92 Å². The lowest BCUT2D eigenvalue weighted by molar-refractivity contribution is 0.713. The van der Waals surface area contributed by atoms with E-state index in [1.807, 2.05) is 11.3 Å². The Hall–Kier alpha value is -0.340. The van der Waals surface area contributed by atoms with Crippen LogP contribution in [0.3, 0.4) is 0 Å². The molecule has 1 nitrogen and oxygen atoms in total. The molecule has 0 aromatic carbocycles. The van der Waals surface area contributed by atoms with E-state index < -0.39 is 0 Å². The molecule has 1 atom stereocenters. The van der Waals surface area contributed by atoms with Crippen molar-refractivity contribution in [1.82, 2.24) is 0 Å². The fraction of sp³-hybridized carbons (Fsp3) is 0.500. The van der Waals surface area contributed by atoms with Crippen LogP contribution in [0.1, 0.15) is 27.8 Å². The first-order chi connectivity index (χ1) is 4.77. The molecule has 0 aliphatic heterocycles. The van der Waals surface area contributed by atoms with E-state index in [0.29, 0.717) is 6.04 Å². The van der Waals surface area contributed by atoms with Crippen molar-refractivity contribution in [3.05, 3.63) is 21.4 Å². The molecule has 0 radical (unpaired) electrons. The van der Waals surface area contributed by atoms with Crippen LogP contribution in [-0.2, 0) is 6.42 Å². The van der Waals surface area contributed by atoms with Crippen molar-refractivity contribution in [2.24, 2.45) is 5.73 Å². The summed E-state index contributed by atoms with van der Waals surface area (Å²) in [5, 5.41) is 0. The van der Waals surface area contributed by atoms with Crippen molar-refractivity contribution < 1.29 is 0 Å². The highest BCUT2D eigenvalue weighted by molar-refractivity contribution is 7.12. The molecule has 0 unspecified atom stereocenters. The zero-order valence-electron chi connectivity index (χ0n) is 6.05. The van der Waals surface area contributed by atoms with Crippen molar-refractivity contribution in [3.8, 4) is 0 Å². The maximum absolute atomic E-state index is 5.87. The number of nitrogens with two attached hydrogens (primary N) is 1. The molecule has 0 spiro atoms. The first-order valence-corrected chi connectivity index (χ1v) is 4.44. The number of thiophene rings is 1. The molecule has 1 aliphatic carbocycles. The summed E-state index contributed by atoms with van der Waals surface area (Å²) < 4.78 is 0. The van der Waals surface area contributed by atoms with Gasteiger partial charge in [0.2, 0.25) is 0 Å². The summed E-state index contributed by atoms with van der Waals surface area (Å²) in [7, 11) is 0. The number of aryl methyl sites for hydroxylation is 2. The third-order valence-electron chi connectivity index (χ3n) is 2.05. The fourth-order valence-corrected chi connectivity index (χ4v) is 2.66. The Labute approximate surface area is 64.9 Å². The van der Waals surface area contributed by atoms with E-state index in [4.69, 9.17) is 5.73 Å². The number of fused-ring (bicyclic) bond motifs is 1. The third kappa shape index (κ3) is 0.796. The average Bonchev–Trinajstić information content (AvgIpc) is 2.35. The Morgan fingerprint density at radius 1 is 1.70 bits per heavy atom.